The van der Waals surface area contributed by atoms with E-state index in [-0.39, 0.29) is 0 Å². The smallest absolute Gasteiger partial charge is 0.0517 e. The number of benzene rings is 1. The number of ether oxygens (including phenoxy) is 2. The quantitative estimate of drug-likeness (QED) is 0.745. The van der Waals surface area contributed by atoms with Gasteiger partial charge in [-0.2, -0.15) is 0 Å². The highest BCUT2D eigenvalue weighted by molar-refractivity contribution is 9.10. The van der Waals surface area contributed by atoms with Crippen molar-refractivity contribution in [2.45, 2.75) is 32.2 Å². The molecule has 0 amide bonds. The Labute approximate surface area is 141 Å². The van der Waals surface area contributed by atoms with Gasteiger partial charge in [0.15, 0.2) is 0 Å². The van der Waals surface area contributed by atoms with E-state index in [4.69, 9.17) is 9.47 Å². The zero-order valence-corrected chi connectivity index (χ0v) is 14.9. The molecule has 1 aromatic rings. The van der Waals surface area contributed by atoms with Crippen LogP contribution in [0.25, 0.3) is 0 Å². The van der Waals surface area contributed by atoms with Crippen molar-refractivity contribution in [1.29, 1.82) is 0 Å². The maximum Gasteiger partial charge on any atom is 0.0517 e. The third kappa shape index (κ3) is 4.10. The number of nitrogens with one attached hydrogen (secondary N) is 1. The number of fused-ring (bicyclic) bond motifs is 1. The summed E-state index contributed by atoms with van der Waals surface area (Å²) in [7, 11) is 0. The maximum atomic E-state index is 5.77. The molecule has 1 N–H and O–H groups in total. The minimum atomic E-state index is 0.482. The lowest BCUT2D eigenvalue weighted by Gasteiger charge is -2.19. The molecule has 1 fully saturated rings. The predicted molar refractivity (Wildman–Crippen MR) is 92.1 cm³/mol. The lowest BCUT2D eigenvalue weighted by molar-refractivity contribution is 0.0877. The van der Waals surface area contributed by atoms with Crippen LogP contribution >= 0.6 is 15.9 Å². The molecule has 0 unspecified atom stereocenters. The first-order chi connectivity index (χ1) is 10.7. The Kier molecular flexibility index (Phi) is 5.91. The normalized spacial score (nSPS) is 27.3. The second-order valence-corrected chi connectivity index (χ2v) is 7.53. The molecular weight excluding hydrogens is 342 g/mol. The van der Waals surface area contributed by atoms with Crippen LogP contribution in [0.15, 0.2) is 22.7 Å². The minimum Gasteiger partial charge on any atom is -0.381 e. The Bertz CT molecular complexity index is 488. The van der Waals surface area contributed by atoms with Crippen molar-refractivity contribution in [1.82, 2.24) is 5.32 Å². The molecule has 0 radical (unpaired) electrons. The van der Waals surface area contributed by atoms with E-state index in [9.17, 15) is 0 Å². The number of halogens is 1. The van der Waals surface area contributed by atoms with Gasteiger partial charge >= 0.3 is 0 Å². The first-order valence-corrected chi connectivity index (χ1v) is 9.20. The van der Waals surface area contributed by atoms with Crippen LogP contribution in [0.5, 0.6) is 0 Å². The number of hydrogen-bond acceptors (Lipinski definition) is 3. The fraction of sp³-hybridized carbons (Fsp3) is 0.667. The molecule has 0 bridgehead atoms. The lowest BCUT2D eigenvalue weighted by Crippen LogP contribution is -2.26. The van der Waals surface area contributed by atoms with Crippen LogP contribution in [-0.2, 0) is 15.9 Å². The number of rotatable bonds is 7. The fourth-order valence-corrected chi connectivity index (χ4v) is 3.90. The molecule has 0 spiro atoms. The van der Waals surface area contributed by atoms with Crippen molar-refractivity contribution in [2.75, 3.05) is 33.0 Å². The van der Waals surface area contributed by atoms with E-state index >= 15 is 0 Å². The van der Waals surface area contributed by atoms with Gasteiger partial charge in [0.1, 0.15) is 0 Å². The summed E-state index contributed by atoms with van der Waals surface area (Å²) >= 11 is 3.59. The summed E-state index contributed by atoms with van der Waals surface area (Å²) in [6.07, 6.45) is 3.40. The molecule has 1 aliphatic carbocycles. The molecule has 3 nitrogen and oxygen atoms in total. The Hall–Kier alpha value is -0.420. The fourth-order valence-electron chi connectivity index (χ4n) is 3.52. The van der Waals surface area contributed by atoms with E-state index in [0.717, 1.165) is 45.8 Å². The van der Waals surface area contributed by atoms with E-state index in [1.54, 1.807) is 0 Å². The summed E-state index contributed by atoms with van der Waals surface area (Å²) in [6, 6.07) is 7.15. The van der Waals surface area contributed by atoms with Gasteiger partial charge in [-0.3, -0.25) is 0 Å². The van der Waals surface area contributed by atoms with Crippen LogP contribution in [0.1, 0.15) is 36.9 Å². The summed E-state index contributed by atoms with van der Waals surface area (Å²) in [5, 5.41) is 3.72. The SMILES string of the molecule is C[C@@H]1Cc2ccc(Br)cc2[C@H]1NCCCOC[C@H]1CCOC1. The molecule has 2 aliphatic rings. The lowest BCUT2D eigenvalue weighted by atomic mass is 10.0. The molecule has 4 heteroatoms. The highest BCUT2D eigenvalue weighted by atomic mass is 79.9. The van der Waals surface area contributed by atoms with Gasteiger partial charge in [-0.05, 0) is 55.0 Å². The third-order valence-corrected chi connectivity index (χ3v) is 5.25. The van der Waals surface area contributed by atoms with Gasteiger partial charge in [0.2, 0.25) is 0 Å². The van der Waals surface area contributed by atoms with Crippen LogP contribution in [-0.4, -0.2) is 33.0 Å². The zero-order chi connectivity index (χ0) is 15.4. The Morgan fingerprint density at radius 2 is 2.32 bits per heavy atom. The number of hydrogen-bond donors (Lipinski definition) is 1. The summed E-state index contributed by atoms with van der Waals surface area (Å²) in [4.78, 5) is 0. The van der Waals surface area contributed by atoms with Crippen LogP contribution < -0.4 is 5.32 Å². The standard InChI is InChI=1S/C18H26BrNO2/c1-13-9-15-3-4-16(19)10-17(15)18(13)20-6-2-7-21-11-14-5-8-22-12-14/h3-4,10,13-14,18,20H,2,5-9,11-12H2,1H3/t13-,14-,18+/m1/s1. The summed E-state index contributed by atoms with van der Waals surface area (Å²) < 4.78 is 12.3. The monoisotopic (exact) mass is 367 g/mol. The van der Waals surface area contributed by atoms with E-state index in [1.807, 2.05) is 0 Å². The predicted octanol–water partition coefficient (Wildman–Crippen LogP) is 3.72. The van der Waals surface area contributed by atoms with Gasteiger partial charge in [0.25, 0.3) is 0 Å². The van der Waals surface area contributed by atoms with Crippen LogP contribution in [0, 0.1) is 11.8 Å². The zero-order valence-electron chi connectivity index (χ0n) is 13.3. The third-order valence-electron chi connectivity index (χ3n) is 4.76. The Balaban J connectivity index is 1.37. The van der Waals surface area contributed by atoms with Gasteiger partial charge in [-0.1, -0.05) is 28.9 Å². The van der Waals surface area contributed by atoms with Gasteiger partial charge in [0, 0.05) is 29.6 Å². The largest absolute Gasteiger partial charge is 0.381 e. The molecule has 3 atom stereocenters. The highest BCUT2D eigenvalue weighted by Crippen LogP contribution is 2.37. The summed E-state index contributed by atoms with van der Waals surface area (Å²) in [5.74, 6) is 1.29. The van der Waals surface area contributed by atoms with E-state index in [1.165, 1.54) is 22.0 Å². The van der Waals surface area contributed by atoms with E-state index in [0.29, 0.717) is 17.9 Å². The average Bonchev–Trinajstić information content (AvgIpc) is 3.11. The van der Waals surface area contributed by atoms with E-state index in [2.05, 4.69) is 46.4 Å². The first kappa shape index (κ1) is 16.4. The molecule has 1 heterocycles. The van der Waals surface area contributed by atoms with Crippen molar-refractivity contribution >= 4 is 15.9 Å². The van der Waals surface area contributed by atoms with Crippen molar-refractivity contribution in [3.8, 4) is 0 Å². The molecule has 3 rings (SSSR count). The van der Waals surface area contributed by atoms with Crippen molar-refractivity contribution < 1.29 is 9.47 Å². The minimum absolute atomic E-state index is 0.482. The Morgan fingerprint density at radius 3 is 3.14 bits per heavy atom. The Morgan fingerprint density at radius 1 is 1.41 bits per heavy atom. The van der Waals surface area contributed by atoms with Crippen LogP contribution in [0.4, 0.5) is 0 Å². The highest BCUT2D eigenvalue weighted by Gasteiger charge is 2.28. The van der Waals surface area contributed by atoms with Gasteiger partial charge in [-0.15, -0.1) is 0 Å². The molecular formula is C18H26BrNO2. The molecule has 22 heavy (non-hydrogen) atoms. The van der Waals surface area contributed by atoms with Gasteiger partial charge < -0.3 is 14.8 Å². The summed E-state index contributed by atoms with van der Waals surface area (Å²) in [5.41, 5.74) is 2.96. The second-order valence-electron chi connectivity index (χ2n) is 6.61. The van der Waals surface area contributed by atoms with Gasteiger partial charge in [-0.25, -0.2) is 0 Å². The molecule has 1 aromatic carbocycles. The van der Waals surface area contributed by atoms with Crippen LogP contribution in [0.3, 0.4) is 0 Å². The van der Waals surface area contributed by atoms with Crippen molar-refractivity contribution in [3.63, 3.8) is 0 Å². The topological polar surface area (TPSA) is 30.5 Å². The molecule has 0 saturated carbocycles. The first-order valence-electron chi connectivity index (χ1n) is 8.41. The van der Waals surface area contributed by atoms with Crippen LogP contribution in [0.2, 0.25) is 0 Å². The van der Waals surface area contributed by atoms with E-state index < -0.39 is 0 Å². The molecule has 1 aliphatic heterocycles. The molecule has 1 saturated heterocycles. The van der Waals surface area contributed by atoms with Crippen molar-refractivity contribution in [3.05, 3.63) is 33.8 Å². The maximum absolute atomic E-state index is 5.77. The molecule has 0 aromatic heterocycles. The van der Waals surface area contributed by atoms with Gasteiger partial charge in [0.05, 0.1) is 13.2 Å². The second kappa shape index (κ2) is 7.91. The van der Waals surface area contributed by atoms with Crippen molar-refractivity contribution in [2.24, 2.45) is 11.8 Å². The molecule has 122 valence electrons. The summed E-state index contributed by atoms with van der Waals surface area (Å²) in [6.45, 7) is 6.84. The average molecular weight is 368 g/mol.